The summed E-state index contributed by atoms with van der Waals surface area (Å²) in [6.07, 6.45) is 3.37. The average Bonchev–Trinajstić information content (AvgIpc) is 2.82. The van der Waals surface area contributed by atoms with Gasteiger partial charge in [-0.2, -0.15) is 0 Å². The van der Waals surface area contributed by atoms with E-state index in [1.807, 2.05) is 39.8 Å². The van der Waals surface area contributed by atoms with Gasteiger partial charge in [0.05, 0.1) is 24.2 Å². The van der Waals surface area contributed by atoms with Crippen molar-refractivity contribution in [3.63, 3.8) is 0 Å². The quantitative estimate of drug-likeness (QED) is 0.614. The highest BCUT2D eigenvalue weighted by Crippen LogP contribution is 2.36. The number of rotatable bonds is 3. The lowest BCUT2D eigenvalue weighted by Crippen LogP contribution is -2.41. The Morgan fingerprint density at radius 3 is 2.40 bits per heavy atom. The van der Waals surface area contributed by atoms with E-state index < -0.39 is 0 Å². The molecule has 0 saturated carbocycles. The van der Waals surface area contributed by atoms with Gasteiger partial charge in [0.1, 0.15) is 5.82 Å². The van der Waals surface area contributed by atoms with Crippen LogP contribution in [0, 0.1) is 5.92 Å². The molecule has 0 unspecified atom stereocenters. The zero-order chi connectivity index (χ0) is 18.2. The van der Waals surface area contributed by atoms with E-state index in [0.717, 1.165) is 37.2 Å². The van der Waals surface area contributed by atoms with Crippen LogP contribution in [0.1, 0.15) is 40.5 Å². The first kappa shape index (κ1) is 18.2. The van der Waals surface area contributed by atoms with Gasteiger partial charge in [-0.15, -0.1) is 0 Å². The zero-order valence-corrected chi connectivity index (χ0v) is 15.7. The second kappa shape index (κ2) is 6.61. The molecule has 136 valence electrons. The van der Waals surface area contributed by atoms with Gasteiger partial charge in [-0.25, -0.2) is 4.98 Å². The third-order valence-corrected chi connectivity index (χ3v) is 5.65. The van der Waals surface area contributed by atoms with Crippen LogP contribution in [-0.4, -0.2) is 49.5 Å². The van der Waals surface area contributed by atoms with E-state index >= 15 is 0 Å². The topological polar surface area (TPSA) is 60.9 Å². The highest BCUT2D eigenvalue weighted by atomic mass is 16.7. The summed E-state index contributed by atoms with van der Waals surface area (Å²) in [5.41, 5.74) is 0.249. The van der Waals surface area contributed by atoms with E-state index in [1.165, 1.54) is 7.11 Å². The number of carbonyl (C=O) groups excluding carboxylic acids is 1. The van der Waals surface area contributed by atoms with Crippen molar-refractivity contribution in [1.29, 1.82) is 0 Å². The number of anilines is 1. The Morgan fingerprint density at radius 1 is 1.24 bits per heavy atom. The molecule has 1 aromatic heterocycles. The van der Waals surface area contributed by atoms with E-state index in [4.69, 9.17) is 14.0 Å². The van der Waals surface area contributed by atoms with Gasteiger partial charge in [-0.3, -0.25) is 4.79 Å². The predicted octanol–water partition coefficient (Wildman–Crippen LogP) is 1.77. The van der Waals surface area contributed by atoms with E-state index in [1.54, 1.807) is 6.20 Å². The van der Waals surface area contributed by atoms with Crippen molar-refractivity contribution < 1.29 is 18.8 Å². The lowest BCUT2D eigenvalue weighted by molar-refractivity contribution is -0.146. The third kappa shape index (κ3) is 3.53. The molecule has 7 heteroatoms. The first-order valence-electron chi connectivity index (χ1n) is 8.88. The van der Waals surface area contributed by atoms with E-state index in [-0.39, 0.29) is 30.2 Å². The van der Waals surface area contributed by atoms with Gasteiger partial charge in [0, 0.05) is 19.3 Å². The fourth-order valence-electron chi connectivity index (χ4n) is 3.24. The number of nitrogens with zero attached hydrogens (tertiary/aromatic N) is 2. The lowest BCUT2D eigenvalue weighted by atomic mass is 9.79. The van der Waals surface area contributed by atoms with Crippen LogP contribution in [0.15, 0.2) is 18.3 Å². The molecular weight excluding hydrogens is 319 g/mol. The van der Waals surface area contributed by atoms with Gasteiger partial charge in [-0.1, -0.05) is 0 Å². The van der Waals surface area contributed by atoms with Crippen molar-refractivity contribution in [1.82, 2.24) is 4.98 Å². The minimum Gasteiger partial charge on any atom is -0.469 e. The smallest absolute Gasteiger partial charge is 0.469 e. The van der Waals surface area contributed by atoms with Crippen LogP contribution >= 0.6 is 0 Å². The highest BCUT2D eigenvalue weighted by molar-refractivity contribution is 6.62. The molecule has 1 aromatic rings. The molecule has 0 atom stereocenters. The molecular formula is C18H27BN2O4. The molecule has 2 aliphatic rings. The largest absolute Gasteiger partial charge is 0.495 e. The van der Waals surface area contributed by atoms with Crippen LogP contribution < -0.4 is 10.4 Å². The monoisotopic (exact) mass is 346 g/mol. The number of carbonyl (C=O) groups is 1. The summed E-state index contributed by atoms with van der Waals surface area (Å²) in [5, 5.41) is 0. The van der Waals surface area contributed by atoms with Gasteiger partial charge in [-0.05, 0) is 58.1 Å². The molecule has 0 spiro atoms. The SMILES string of the molecule is COC(=O)C1CCN(c2cc(B3OC(C)(C)C(C)(C)O3)ccn2)CC1. The number of aromatic nitrogens is 1. The normalized spacial score (nSPS) is 22.9. The number of hydrogen-bond acceptors (Lipinski definition) is 6. The van der Waals surface area contributed by atoms with Crippen LogP contribution in [-0.2, 0) is 18.8 Å². The fraction of sp³-hybridized carbons (Fsp3) is 0.667. The summed E-state index contributed by atoms with van der Waals surface area (Å²) in [6.45, 7) is 9.78. The number of esters is 1. The van der Waals surface area contributed by atoms with Gasteiger partial charge in [0.25, 0.3) is 0 Å². The molecule has 0 amide bonds. The summed E-state index contributed by atoms with van der Waals surface area (Å²) in [5.74, 6) is 0.779. The van der Waals surface area contributed by atoms with Crippen molar-refractivity contribution in [3.8, 4) is 0 Å². The molecule has 0 N–H and O–H groups in total. The van der Waals surface area contributed by atoms with Crippen LogP contribution in [0.5, 0.6) is 0 Å². The number of ether oxygens (including phenoxy) is 1. The molecule has 0 radical (unpaired) electrons. The summed E-state index contributed by atoms with van der Waals surface area (Å²) in [7, 11) is 1.06. The molecule has 2 aliphatic heterocycles. The molecule has 0 bridgehead atoms. The van der Waals surface area contributed by atoms with Crippen molar-refractivity contribution in [2.75, 3.05) is 25.1 Å². The van der Waals surface area contributed by atoms with Gasteiger partial charge in [0.2, 0.25) is 0 Å². The molecule has 2 saturated heterocycles. The Morgan fingerprint density at radius 2 is 1.84 bits per heavy atom. The molecule has 0 aliphatic carbocycles. The molecule has 0 aromatic carbocycles. The Labute approximate surface area is 150 Å². The van der Waals surface area contributed by atoms with Gasteiger partial charge >= 0.3 is 13.1 Å². The maximum atomic E-state index is 11.7. The average molecular weight is 346 g/mol. The van der Waals surface area contributed by atoms with Crippen LogP contribution in [0.3, 0.4) is 0 Å². The van der Waals surface area contributed by atoms with Crippen molar-refractivity contribution >= 4 is 24.4 Å². The zero-order valence-electron chi connectivity index (χ0n) is 15.7. The van der Waals surface area contributed by atoms with E-state index in [9.17, 15) is 4.79 Å². The second-order valence-electron chi connectivity index (χ2n) is 7.82. The Balaban J connectivity index is 1.70. The van der Waals surface area contributed by atoms with Crippen molar-refractivity contribution in [2.24, 2.45) is 5.92 Å². The van der Waals surface area contributed by atoms with Gasteiger partial charge < -0.3 is 18.9 Å². The Kier molecular flexibility index (Phi) is 4.81. The number of piperidine rings is 1. The van der Waals surface area contributed by atoms with Crippen LogP contribution in [0.4, 0.5) is 5.82 Å². The van der Waals surface area contributed by atoms with E-state index in [0.29, 0.717) is 0 Å². The summed E-state index contributed by atoms with van der Waals surface area (Å²) < 4.78 is 17.1. The van der Waals surface area contributed by atoms with Crippen LogP contribution in [0.25, 0.3) is 0 Å². The Hall–Kier alpha value is -1.60. The first-order chi connectivity index (χ1) is 11.7. The second-order valence-corrected chi connectivity index (χ2v) is 7.82. The molecule has 6 nitrogen and oxygen atoms in total. The van der Waals surface area contributed by atoms with Crippen LogP contribution in [0.2, 0.25) is 0 Å². The Bertz CT molecular complexity index is 626. The summed E-state index contributed by atoms with van der Waals surface area (Å²) in [4.78, 5) is 18.4. The maximum Gasteiger partial charge on any atom is 0.495 e. The molecule has 25 heavy (non-hydrogen) atoms. The predicted molar refractivity (Wildman–Crippen MR) is 96.9 cm³/mol. The van der Waals surface area contributed by atoms with Crippen molar-refractivity contribution in [3.05, 3.63) is 18.3 Å². The van der Waals surface area contributed by atoms with Gasteiger partial charge in [0.15, 0.2) is 0 Å². The number of hydrogen-bond donors (Lipinski definition) is 0. The summed E-state index contributed by atoms with van der Waals surface area (Å²) >= 11 is 0. The minimum absolute atomic E-state index is 0.00692. The molecule has 3 heterocycles. The first-order valence-corrected chi connectivity index (χ1v) is 8.88. The third-order valence-electron chi connectivity index (χ3n) is 5.65. The molecule has 2 fully saturated rings. The number of pyridine rings is 1. The minimum atomic E-state index is -0.389. The summed E-state index contributed by atoms with van der Waals surface area (Å²) in [6, 6.07) is 3.97. The highest BCUT2D eigenvalue weighted by Gasteiger charge is 2.51. The molecule has 3 rings (SSSR count). The maximum absolute atomic E-state index is 11.7. The lowest BCUT2D eigenvalue weighted by Gasteiger charge is -2.32. The fourth-order valence-corrected chi connectivity index (χ4v) is 3.24. The number of methoxy groups -OCH3 is 1. The standard InChI is InChI=1S/C18H27BN2O4/c1-17(2)18(3,4)25-19(24-17)14-6-9-20-15(12-14)21-10-7-13(8-11-21)16(22)23-5/h6,9,12-13H,7-8,10-11H2,1-5H3. The van der Waals surface area contributed by atoms with Crippen molar-refractivity contribution in [2.45, 2.75) is 51.7 Å². The van der Waals surface area contributed by atoms with E-state index in [2.05, 4.69) is 9.88 Å².